The average Bonchev–Trinajstić information content (AvgIpc) is 3.77. The third-order valence-corrected chi connectivity index (χ3v) is 9.31. The van der Waals surface area contributed by atoms with Gasteiger partial charge < -0.3 is 30.7 Å². The second kappa shape index (κ2) is 12.2. The summed E-state index contributed by atoms with van der Waals surface area (Å²) in [6, 6.07) is 10.1. The number of morpholine rings is 1. The van der Waals surface area contributed by atoms with Crippen LogP contribution in [-0.2, 0) is 29.0 Å². The van der Waals surface area contributed by atoms with Crippen LogP contribution < -0.4 is 11.1 Å². The molecule has 1 saturated heterocycles. The van der Waals surface area contributed by atoms with Crippen molar-refractivity contribution in [2.24, 2.45) is 5.73 Å². The molecule has 2 unspecified atom stereocenters. The number of hydrogen-bond acceptors (Lipinski definition) is 7. The van der Waals surface area contributed by atoms with E-state index in [0.29, 0.717) is 31.4 Å². The Kier molecular flexibility index (Phi) is 8.94. The summed E-state index contributed by atoms with van der Waals surface area (Å²) >= 11 is 0. The van der Waals surface area contributed by atoms with Gasteiger partial charge in [-0.3, -0.25) is 15.0 Å². The third kappa shape index (κ3) is 6.53. The molecule has 1 heterocycles. The molecular weight excluding hydrogens is 538 g/mol. The van der Waals surface area contributed by atoms with Crippen LogP contribution in [0.25, 0.3) is 10.8 Å². The van der Waals surface area contributed by atoms with E-state index in [9.17, 15) is 27.9 Å². The molecule has 2 amide bonds. The quantitative estimate of drug-likeness (QED) is 0.224. The molecule has 3 atom stereocenters. The van der Waals surface area contributed by atoms with E-state index in [1.165, 1.54) is 12.1 Å². The van der Waals surface area contributed by atoms with E-state index < -0.39 is 51.4 Å². The van der Waals surface area contributed by atoms with Gasteiger partial charge in [0.1, 0.15) is 6.04 Å². The Bertz CT molecular complexity index is 1390. The van der Waals surface area contributed by atoms with Gasteiger partial charge in [-0.15, -0.1) is 0 Å². The molecule has 40 heavy (non-hydrogen) atoms. The van der Waals surface area contributed by atoms with Gasteiger partial charge in [0.2, 0.25) is 11.8 Å². The number of carbonyl (C=O) groups excluding carboxylic acids is 2. The molecule has 0 spiro atoms. The number of amides is 2. The zero-order valence-electron chi connectivity index (χ0n) is 22.3. The van der Waals surface area contributed by atoms with Crippen LogP contribution in [-0.4, -0.2) is 96.7 Å². The Hall–Kier alpha value is -3.71. The lowest BCUT2D eigenvalue weighted by Crippen LogP contribution is -2.53. The highest BCUT2D eigenvalue weighted by atomic mass is 32.2. The smallest absolute Gasteiger partial charge is 0.326 e. The summed E-state index contributed by atoms with van der Waals surface area (Å²) in [5.74, 6) is -2.92. The Morgan fingerprint density at radius 1 is 1.20 bits per heavy atom. The summed E-state index contributed by atoms with van der Waals surface area (Å²) in [7, 11) is -4.40. The third-order valence-electron chi connectivity index (χ3n) is 7.28. The highest BCUT2D eigenvalue weighted by Crippen LogP contribution is 2.33. The highest BCUT2D eigenvalue weighted by molar-refractivity contribution is 7.92. The second-order valence-electron chi connectivity index (χ2n) is 10.1. The Labute approximate surface area is 232 Å². The molecular formula is C27H35N5O7S. The van der Waals surface area contributed by atoms with Gasteiger partial charge >= 0.3 is 5.97 Å². The van der Waals surface area contributed by atoms with Crippen molar-refractivity contribution in [2.75, 3.05) is 26.2 Å². The van der Waals surface area contributed by atoms with Crippen LogP contribution in [0.15, 0.2) is 47.4 Å². The van der Waals surface area contributed by atoms with E-state index >= 15 is 0 Å². The molecule has 2 aliphatic rings. The fraction of sp³-hybridized carbons (Fsp3) is 0.481. The minimum absolute atomic E-state index is 0.0264. The zero-order chi connectivity index (χ0) is 29.0. The molecule has 2 fully saturated rings. The molecule has 1 saturated carbocycles. The molecule has 2 aromatic rings. The van der Waals surface area contributed by atoms with Gasteiger partial charge in [-0.25, -0.2) is 13.2 Å². The summed E-state index contributed by atoms with van der Waals surface area (Å²) < 4.78 is 33.5. The summed E-state index contributed by atoms with van der Waals surface area (Å²) in [5.41, 5.74) is 5.55. The molecule has 5 N–H and O–H groups in total. The molecule has 1 aliphatic heterocycles. The van der Waals surface area contributed by atoms with Crippen LogP contribution in [0.1, 0.15) is 32.6 Å². The first kappa shape index (κ1) is 29.3. The van der Waals surface area contributed by atoms with Crippen LogP contribution in [0.3, 0.4) is 0 Å². The van der Waals surface area contributed by atoms with Gasteiger partial charge in [0, 0.05) is 25.7 Å². The number of nitrogens with two attached hydrogens (primary N) is 1. The second-order valence-corrected chi connectivity index (χ2v) is 12.2. The minimum atomic E-state index is -4.40. The molecule has 0 radical (unpaired) electrons. The number of fused-ring (bicyclic) bond motifs is 1. The van der Waals surface area contributed by atoms with E-state index in [1.807, 2.05) is 12.1 Å². The lowest BCUT2D eigenvalue weighted by Gasteiger charge is -2.33. The number of nitrogens with one attached hydrogen (secondary N) is 2. The molecule has 0 bridgehead atoms. The zero-order valence-corrected chi connectivity index (χ0v) is 23.1. The van der Waals surface area contributed by atoms with E-state index in [2.05, 4.69) is 5.32 Å². The number of sulfone groups is 1. The Morgan fingerprint density at radius 3 is 2.52 bits per heavy atom. The highest BCUT2D eigenvalue weighted by Gasteiger charge is 2.46. The number of carboxylic acid groups (broad SMARTS) is 1. The van der Waals surface area contributed by atoms with E-state index in [0.717, 1.165) is 10.3 Å². The number of rotatable bonds is 11. The number of ether oxygens (including phenoxy) is 1. The van der Waals surface area contributed by atoms with Crippen molar-refractivity contribution < 1.29 is 32.6 Å². The maximum Gasteiger partial charge on any atom is 0.326 e. The van der Waals surface area contributed by atoms with Crippen molar-refractivity contribution in [3.8, 4) is 0 Å². The van der Waals surface area contributed by atoms with Gasteiger partial charge in [0.05, 0.1) is 24.0 Å². The normalized spacial score (nSPS) is 19.0. The summed E-state index contributed by atoms with van der Waals surface area (Å²) in [4.78, 5) is 41.6. The SMILES string of the molecule is CCC(C(=O)O)N(C(=O)[C@H](CC(=O)NCC1CN(C(=N)N)CCO1)S(=O)(=O)c1ccc2ccccc2c1)C1CC1. The van der Waals surface area contributed by atoms with Crippen molar-refractivity contribution in [3.63, 3.8) is 0 Å². The summed E-state index contributed by atoms with van der Waals surface area (Å²) in [6.45, 7) is 2.68. The van der Waals surface area contributed by atoms with Crippen molar-refractivity contribution in [1.82, 2.24) is 15.1 Å². The molecule has 13 heteroatoms. The van der Waals surface area contributed by atoms with Crippen LogP contribution in [0.5, 0.6) is 0 Å². The fourth-order valence-corrected chi connectivity index (χ4v) is 6.60. The van der Waals surface area contributed by atoms with Crippen LogP contribution >= 0.6 is 0 Å². The Balaban J connectivity index is 1.61. The molecule has 1 aliphatic carbocycles. The molecule has 216 valence electrons. The first-order valence-corrected chi connectivity index (χ1v) is 14.8. The molecule has 2 aromatic carbocycles. The number of nitrogens with zero attached hydrogens (tertiary/aromatic N) is 2. The number of guanidine groups is 1. The van der Waals surface area contributed by atoms with Gasteiger partial charge in [0.25, 0.3) is 0 Å². The maximum absolute atomic E-state index is 14.0. The average molecular weight is 574 g/mol. The van der Waals surface area contributed by atoms with Crippen molar-refractivity contribution >= 4 is 44.4 Å². The van der Waals surface area contributed by atoms with Crippen molar-refractivity contribution in [2.45, 2.75) is 60.9 Å². The first-order valence-electron chi connectivity index (χ1n) is 13.3. The predicted octanol–water partition coefficient (Wildman–Crippen LogP) is 0.937. The summed E-state index contributed by atoms with van der Waals surface area (Å²) in [6.07, 6.45) is 0.0631. The number of aliphatic carboxylic acids is 1. The number of benzene rings is 2. The Morgan fingerprint density at radius 2 is 1.90 bits per heavy atom. The molecule has 12 nitrogen and oxygen atoms in total. The maximum atomic E-state index is 14.0. The topological polar surface area (TPSA) is 183 Å². The molecule has 4 rings (SSSR count). The standard InChI is InChI=1S/C27H35N5O7S/c1-2-22(26(35)36)32(19-8-9-19)25(34)23(14-24(33)30-15-20-16-31(27(28)29)11-12-39-20)40(37,38)21-10-7-17-5-3-4-6-18(17)13-21/h3-7,10,13,19-20,22-23H,2,8-9,11-12,14-16H2,1H3,(H3,28,29)(H,30,33)(H,35,36)/t20?,22?,23-/m0/s1. The first-order chi connectivity index (χ1) is 19.0. The van der Waals surface area contributed by atoms with Gasteiger partial charge in [-0.2, -0.15) is 0 Å². The van der Waals surface area contributed by atoms with Gasteiger partial charge in [-0.05, 0) is 42.2 Å². The van der Waals surface area contributed by atoms with Crippen LogP contribution in [0.2, 0.25) is 0 Å². The monoisotopic (exact) mass is 573 g/mol. The van der Waals surface area contributed by atoms with Crippen LogP contribution in [0.4, 0.5) is 0 Å². The predicted molar refractivity (Wildman–Crippen MR) is 147 cm³/mol. The molecule has 0 aromatic heterocycles. The minimum Gasteiger partial charge on any atom is -0.480 e. The van der Waals surface area contributed by atoms with Gasteiger partial charge in [-0.1, -0.05) is 37.3 Å². The fourth-order valence-electron chi connectivity index (χ4n) is 4.97. The van der Waals surface area contributed by atoms with Crippen molar-refractivity contribution in [1.29, 1.82) is 5.41 Å². The summed E-state index contributed by atoms with van der Waals surface area (Å²) in [5, 5.41) is 19.7. The van der Waals surface area contributed by atoms with E-state index in [1.54, 1.807) is 30.0 Å². The van der Waals surface area contributed by atoms with Crippen LogP contribution in [0, 0.1) is 5.41 Å². The largest absolute Gasteiger partial charge is 0.480 e. The van der Waals surface area contributed by atoms with Gasteiger partial charge in [0.15, 0.2) is 21.0 Å². The lowest BCUT2D eigenvalue weighted by molar-refractivity contribution is -0.151. The lowest BCUT2D eigenvalue weighted by atomic mass is 10.1. The van der Waals surface area contributed by atoms with E-state index in [4.69, 9.17) is 15.9 Å². The number of hydrogen-bond donors (Lipinski definition) is 4. The van der Waals surface area contributed by atoms with E-state index in [-0.39, 0.29) is 36.4 Å². The number of carbonyl (C=O) groups is 3. The number of carboxylic acids is 1. The van der Waals surface area contributed by atoms with Crippen molar-refractivity contribution in [3.05, 3.63) is 42.5 Å².